The van der Waals surface area contributed by atoms with Crippen LogP contribution in [0, 0.1) is 0 Å². The maximum absolute atomic E-state index is 11.3. The van der Waals surface area contributed by atoms with Gasteiger partial charge >= 0.3 is 5.97 Å². The van der Waals surface area contributed by atoms with Gasteiger partial charge in [0.15, 0.2) is 0 Å². The van der Waals surface area contributed by atoms with E-state index >= 15 is 0 Å². The summed E-state index contributed by atoms with van der Waals surface area (Å²) in [5.41, 5.74) is 2.98. The van der Waals surface area contributed by atoms with E-state index in [1.165, 1.54) is 7.11 Å². The second kappa shape index (κ2) is 5.66. The van der Waals surface area contributed by atoms with Crippen LogP contribution in [-0.4, -0.2) is 18.2 Å². The third-order valence-electron chi connectivity index (χ3n) is 2.05. The first-order valence-corrected chi connectivity index (χ1v) is 5.31. The van der Waals surface area contributed by atoms with E-state index < -0.39 is 12.1 Å². The summed E-state index contributed by atoms with van der Waals surface area (Å²) < 4.78 is 5.42. The van der Waals surface area contributed by atoms with Gasteiger partial charge in [-0.15, -0.1) is 5.73 Å². The molecule has 1 N–H and O–H groups in total. The second-order valence-electron chi connectivity index (χ2n) is 3.04. The number of hydrogen-bond donors (Lipinski definition) is 1. The lowest BCUT2D eigenvalue weighted by Gasteiger charge is -2.11. The molecule has 0 heterocycles. The predicted octanol–water partition coefficient (Wildman–Crippen LogP) is 2.37. The Bertz CT molecular complexity index is 430. The van der Waals surface area contributed by atoms with Crippen LogP contribution in [0.5, 0.6) is 0 Å². The molecule has 1 unspecified atom stereocenters. The first-order valence-electron chi connectivity index (χ1n) is 4.52. The van der Waals surface area contributed by atoms with Crippen LogP contribution in [0.15, 0.2) is 46.6 Å². The lowest BCUT2D eigenvalue weighted by Crippen LogP contribution is -2.12. The maximum atomic E-state index is 11.3. The molecule has 0 amide bonds. The van der Waals surface area contributed by atoms with Crippen LogP contribution in [0.4, 0.5) is 0 Å². The number of carbonyl (C=O) groups is 1. The third-order valence-corrected chi connectivity index (χ3v) is 2.58. The number of esters is 1. The van der Waals surface area contributed by atoms with E-state index in [1.54, 1.807) is 24.3 Å². The highest BCUT2D eigenvalue weighted by Gasteiger charge is 2.20. The van der Waals surface area contributed by atoms with Crippen LogP contribution in [0.2, 0.25) is 0 Å². The van der Waals surface area contributed by atoms with Gasteiger partial charge in [-0.1, -0.05) is 34.6 Å². The lowest BCUT2D eigenvalue weighted by molar-refractivity contribution is -0.137. The summed E-state index contributed by atoms with van der Waals surface area (Å²) in [6.07, 6.45) is -1.07. The number of aliphatic hydroxyl groups is 1. The Labute approximate surface area is 102 Å². The molecule has 0 spiro atoms. The molecule has 0 saturated heterocycles. The first kappa shape index (κ1) is 12.7. The lowest BCUT2D eigenvalue weighted by atomic mass is 10.0. The number of carbonyl (C=O) groups excluding carboxylic acids is 1. The largest absolute Gasteiger partial charge is 0.465 e. The van der Waals surface area contributed by atoms with Crippen molar-refractivity contribution in [3.63, 3.8) is 0 Å². The van der Waals surface area contributed by atoms with Crippen molar-refractivity contribution in [1.29, 1.82) is 0 Å². The molecule has 1 aromatic rings. The quantitative estimate of drug-likeness (QED) is 0.526. The molecule has 4 heteroatoms. The molecule has 0 saturated carbocycles. The molecule has 0 aliphatic heterocycles. The van der Waals surface area contributed by atoms with Gasteiger partial charge in [0.25, 0.3) is 0 Å². The average Bonchev–Trinajstić information content (AvgIpc) is 2.30. The summed E-state index contributed by atoms with van der Waals surface area (Å²) in [6.45, 7) is 3.36. The fourth-order valence-corrected chi connectivity index (χ4v) is 1.47. The zero-order valence-electron chi connectivity index (χ0n) is 8.74. The van der Waals surface area contributed by atoms with E-state index in [0.29, 0.717) is 5.56 Å². The number of halogens is 1. The van der Waals surface area contributed by atoms with Crippen LogP contribution in [0.1, 0.15) is 11.7 Å². The van der Waals surface area contributed by atoms with E-state index in [4.69, 9.17) is 0 Å². The fourth-order valence-electron chi connectivity index (χ4n) is 1.20. The van der Waals surface area contributed by atoms with E-state index in [9.17, 15) is 9.90 Å². The van der Waals surface area contributed by atoms with Gasteiger partial charge in [-0.25, -0.2) is 4.79 Å². The minimum Gasteiger partial charge on any atom is -0.465 e. The summed E-state index contributed by atoms with van der Waals surface area (Å²) in [4.78, 5) is 11.3. The van der Waals surface area contributed by atoms with Crippen LogP contribution < -0.4 is 0 Å². The maximum Gasteiger partial charge on any atom is 0.344 e. The number of hydrogen-bond acceptors (Lipinski definition) is 3. The van der Waals surface area contributed by atoms with Crippen molar-refractivity contribution in [2.45, 2.75) is 6.10 Å². The molecule has 0 fully saturated rings. The fraction of sp³-hybridized carbons (Fsp3) is 0.167. The molecule has 0 radical (unpaired) electrons. The molecule has 1 rings (SSSR count). The van der Waals surface area contributed by atoms with Crippen molar-refractivity contribution in [1.82, 2.24) is 0 Å². The Morgan fingerprint density at radius 3 is 2.50 bits per heavy atom. The van der Waals surface area contributed by atoms with Crippen molar-refractivity contribution < 1.29 is 14.6 Å². The van der Waals surface area contributed by atoms with Gasteiger partial charge < -0.3 is 9.84 Å². The van der Waals surface area contributed by atoms with Gasteiger partial charge in [0.1, 0.15) is 11.7 Å². The SMILES string of the molecule is C=C=C(C(=O)OC)C(O)c1ccc(Br)cc1. The summed E-state index contributed by atoms with van der Waals surface area (Å²) >= 11 is 3.28. The molecular formula is C12H11BrO3. The first-order chi connectivity index (χ1) is 7.60. The predicted molar refractivity (Wildman–Crippen MR) is 63.8 cm³/mol. The number of ether oxygens (including phenoxy) is 1. The normalized spacial score (nSPS) is 11.4. The van der Waals surface area contributed by atoms with Crippen molar-refractivity contribution in [3.8, 4) is 0 Å². The molecule has 1 aromatic carbocycles. The number of rotatable bonds is 3. The van der Waals surface area contributed by atoms with E-state index in [1.807, 2.05) is 0 Å². The minimum absolute atomic E-state index is 0.00447. The summed E-state index contributed by atoms with van der Waals surface area (Å²) in [6, 6.07) is 6.96. The molecular weight excluding hydrogens is 272 g/mol. The van der Waals surface area contributed by atoms with Gasteiger partial charge in [-0.3, -0.25) is 0 Å². The van der Waals surface area contributed by atoms with Crippen LogP contribution >= 0.6 is 15.9 Å². The monoisotopic (exact) mass is 282 g/mol. The number of benzene rings is 1. The third kappa shape index (κ3) is 2.83. The standard InChI is InChI=1S/C12H11BrO3/c1-3-10(12(15)16-2)11(14)8-4-6-9(13)7-5-8/h4-7,11,14H,1H2,2H3. The van der Waals surface area contributed by atoms with Gasteiger partial charge in [0, 0.05) is 4.47 Å². The molecule has 84 valence electrons. The highest BCUT2D eigenvalue weighted by Crippen LogP contribution is 2.23. The molecule has 3 nitrogen and oxygen atoms in total. The average molecular weight is 283 g/mol. The number of aliphatic hydroxyl groups excluding tert-OH is 1. The Hall–Kier alpha value is -1.35. The highest BCUT2D eigenvalue weighted by atomic mass is 79.9. The molecule has 0 aliphatic carbocycles. The van der Waals surface area contributed by atoms with E-state index in [2.05, 4.69) is 33.0 Å². The van der Waals surface area contributed by atoms with Gasteiger partial charge in [0.2, 0.25) is 0 Å². The van der Waals surface area contributed by atoms with Gasteiger partial charge in [0.05, 0.1) is 7.11 Å². The molecule has 0 aliphatic rings. The highest BCUT2D eigenvalue weighted by molar-refractivity contribution is 9.10. The minimum atomic E-state index is -1.07. The van der Waals surface area contributed by atoms with Crippen LogP contribution in [0.3, 0.4) is 0 Å². The topological polar surface area (TPSA) is 46.5 Å². The molecule has 0 aromatic heterocycles. The van der Waals surface area contributed by atoms with Crippen molar-refractivity contribution >= 4 is 21.9 Å². The molecule has 16 heavy (non-hydrogen) atoms. The molecule has 1 atom stereocenters. The van der Waals surface area contributed by atoms with Crippen molar-refractivity contribution in [2.24, 2.45) is 0 Å². The van der Waals surface area contributed by atoms with E-state index in [0.717, 1.165) is 4.47 Å². The summed E-state index contributed by atoms with van der Waals surface area (Å²) in [5.74, 6) is -0.634. The van der Waals surface area contributed by atoms with Crippen molar-refractivity contribution in [2.75, 3.05) is 7.11 Å². The van der Waals surface area contributed by atoms with E-state index in [-0.39, 0.29) is 5.57 Å². The Kier molecular flexibility index (Phi) is 4.50. The van der Waals surface area contributed by atoms with Gasteiger partial charge in [-0.05, 0) is 17.7 Å². The Balaban J connectivity index is 3.01. The summed E-state index contributed by atoms with van der Waals surface area (Å²) in [5, 5.41) is 9.92. The Morgan fingerprint density at radius 1 is 1.50 bits per heavy atom. The Morgan fingerprint density at radius 2 is 2.06 bits per heavy atom. The second-order valence-corrected chi connectivity index (χ2v) is 3.95. The smallest absolute Gasteiger partial charge is 0.344 e. The number of methoxy groups -OCH3 is 1. The van der Waals surface area contributed by atoms with Crippen molar-refractivity contribution in [3.05, 3.63) is 52.2 Å². The molecule has 0 bridgehead atoms. The van der Waals surface area contributed by atoms with Crippen LogP contribution in [0.25, 0.3) is 0 Å². The summed E-state index contributed by atoms with van der Waals surface area (Å²) in [7, 11) is 1.24. The zero-order valence-corrected chi connectivity index (χ0v) is 10.3. The zero-order chi connectivity index (χ0) is 12.1. The van der Waals surface area contributed by atoms with Crippen LogP contribution in [-0.2, 0) is 9.53 Å². The van der Waals surface area contributed by atoms with Gasteiger partial charge in [-0.2, -0.15) is 0 Å².